The molecule has 1 nitrogen and oxygen atoms in total. The summed E-state index contributed by atoms with van der Waals surface area (Å²) in [4.78, 5) is 0. The van der Waals surface area contributed by atoms with E-state index < -0.39 is 0 Å². The predicted octanol–water partition coefficient (Wildman–Crippen LogP) is 1.56. The van der Waals surface area contributed by atoms with Gasteiger partial charge in [0.25, 0.3) is 0 Å². The molecule has 0 fully saturated rings. The van der Waals surface area contributed by atoms with Crippen LogP contribution in [0.1, 0.15) is 18.5 Å². The van der Waals surface area contributed by atoms with Crippen LogP contribution >= 0.6 is 24.0 Å². The fraction of sp³-hybridized carbons (Fsp3) is 0.333. The first-order chi connectivity index (χ1) is 5.29. The molecule has 0 N–H and O–H groups in total. The summed E-state index contributed by atoms with van der Waals surface area (Å²) in [6.45, 7) is 2.27. The van der Waals surface area contributed by atoms with Crippen molar-refractivity contribution in [3.63, 3.8) is 0 Å². The molecule has 0 amide bonds. The number of fused-ring (bicyclic) bond motifs is 1. The Bertz CT molecular complexity index is 277. The summed E-state index contributed by atoms with van der Waals surface area (Å²) >= 11 is 0.565. The third-order valence-corrected chi connectivity index (χ3v) is 4.62. The Morgan fingerprint density at radius 3 is 2.67 bits per heavy atom. The first-order valence-electron chi connectivity index (χ1n) is 3.79. The third kappa shape index (κ3) is 1.69. The van der Waals surface area contributed by atoms with Crippen LogP contribution in [-0.2, 0) is 0 Å². The second-order valence-corrected chi connectivity index (χ2v) is 5.37. The molecular weight excluding hydrogens is 328 g/mol. The molecule has 66 valence electrons. The van der Waals surface area contributed by atoms with Crippen molar-refractivity contribution < 1.29 is 0 Å². The molecule has 0 aromatic heterocycles. The number of hydrogen-bond donors (Lipinski definition) is 0. The zero-order valence-corrected chi connectivity index (χ0v) is 11.2. The number of nitrogens with zero attached hydrogens (tertiary/aromatic N) is 1. The van der Waals surface area contributed by atoms with Crippen molar-refractivity contribution in [2.75, 3.05) is 7.05 Å². The van der Waals surface area contributed by atoms with Crippen LogP contribution < -0.4 is 4.46 Å². The first-order valence-corrected chi connectivity index (χ1v) is 5.41. The van der Waals surface area contributed by atoms with E-state index in [4.69, 9.17) is 0 Å². The van der Waals surface area contributed by atoms with Gasteiger partial charge in [-0.25, -0.2) is 0 Å². The molecule has 2 rings (SSSR count). The van der Waals surface area contributed by atoms with Gasteiger partial charge >= 0.3 is 73.4 Å². The van der Waals surface area contributed by atoms with Crippen molar-refractivity contribution >= 4 is 43.6 Å². The van der Waals surface area contributed by atoms with Gasteiger partial charge in [-0.3, -0.25) is 0 Å². The van der Waals surface area contributed by atoms with E-state index in [1.807, 2.05) is 0 Å². The van der Waals surface area contributed by atoms with Crippen LogP contribution in [0.4, 0.5) is 0 Å². The molecule has 1 atom stereocenters. The normalized spacial score (nSPS) is 21.7. The molecular formula is C9H12INSe. The standard InChI is InChI=1S/C9H11NSe.HI/c1-7-8-5-3-4-6-9(8)11-10(7)2;/h3-7H,1-2H3;1H. The molecule has 1 heterocycles. The summed E-state index contributed by atoms with van der Waals surface area (Å²) in [5.41, 5.74) is 1.52. The largest absolute Gasteiger partial charge is 0.107 e. The second-order valence-electron chi connectivity index (χ2n) is 2.85. The van der Waals surface area contributed by atoms with Crippen LogP contribution in [0.25, 0.3) is 0 Å². The van der Waals surface area contributed by atoms with Gasteiger partial charge in [-0.2, -0.15) is 0 Å². The molecule has 0 aliphatic carbocycles. The smallest absolute Gasteiger partial charge is 0.107 e. The van der Waals surface area contributed by atoms with Crippen molar-refractivity contribution in [2.24, 2.45) is 0 Å². The van der Waals surface area contributed by atoms with Crippen molar-refractivity contribution in [3.8, 4) is 0 Å². The fourth-order valence-electron chi connectivity index (χ4n) is 1.34. The third-order valence-electron chi connectivity index (χ3n) is 2.16. The van der Waals surface area contributed by atoms with Crippen LogP contribution in [0.5, 0.6) is 0 Å². The molecule has 0 spiro atoms. The predicted molar refractivity (Wildman–Crippen MR) is 63.4 cm³/mol. The van der Waals surface area contributed by atoms with Crippen molar-refractivity contribution in [1.29, 1.82) is 0 Å². The second kappa shape index (κ2) is 4.09. The summed E-state index contributed by atoms with van der Waals surface area (Å²) in [7, 11) is 2.20. The van der Waals surface area contributed by atoms with Gasteiger partial charge in [0.05, 0.1) is 0 Å². The van der Waals surface area contributed by atoms with Crippen LogP contribution in [0, 0.1) is 0 Å². The molecule has 3 heteroatoms. The monoisotopic (exact) mass is 341 g/mol. The molecule has 1 aromatic rings. The zero-order chi connectivity index (χ0) is 7.84. The van der Waals surface area contributed by atoms with Gasteiger partial charge in [0.1, 0.15) is 0 Å². The van der Waals surface area contributed by atoms with Crippen LogP contribution in [0.15, 0.2) is 24.3 Å². The molecule has 0 saturated heterocycles. The van der Waals surface area contributed by atoms with E-state index in [2.05, 4.69) is 42.2 Å². The Hall–Kier alpha value is 0.429. The summed E-state index contributed by atoms with van der Waals surface area (Å²) in [6.07, 6.45) is 0. The maximum Gasteiger partial charge on any atom is -0.107 e. The van der Waals surface area contributed by atoms with Crippen LogP contribution in [0.2, 0.25) is 0 Å². The Labute approximate surface area is 96.9 Å². The Kier molecular flexibility index (Phi) is 3.58. The molecule has 0 saturated carbocycles. The minimum atomic E-state index is 0. The van der Waals surface area contributed by atoms with Gasteiger partial charge < -0.3 is 0 Å². The SMILES string of the molecule is CC1c2ccccc2[Se]N1C.I. The number of rotatable bonds is 0. The van der Waals surface area contributed by atoms with Crippen molar-refractivity contribution in [3.05, 3.63) is 29.8 Å². The van der Waals surface area contributed by atoms with E-state index in [1.54, 1.807) is 4.46 Å². The summed E-state index contributed by atoms with van der Waals surface area (Å²) in [5.74, 6) is 0. The van der Waals surface area contributed by atoms with Crippen molar-refractivity contribution in [1.82, 2.24) is 3.92 Å². The Morgan fingerprint density at radius 1 is 1.33 bits per heavy atom. The first kappa shape index (κ1) is 10.5. The average Bonchev–Trinajstić information content (AvgIpc) is 2.30. The minimum absolute atomic E-state index is 0. The fourth-order valence-corrected chi connectivity index (χ4v) is 3.57. The van der Waals surface area contributed by atoms with Crippen LogP contribution in [-0.4, -0.2) is 26.1 Å². The number of benzene rings is 1. The minimum Gasteiger partial charge on any atom is -0.107 e. The average molecular weight is 340 g/mol. The van der Waals surface area contributed by atoms with Gasteiger partial charge in [0, 0.05) is 0 Å². The van der Waals surface area contributed by atoms with Crippen LogP contribution in [0.3, 0.4) is 0 Å². The van der Waals surface area contributed by atoms with Gasteiger partial charge in [-0.05, 0) is 0 Å². The molecule has 12 heavy (non-hydrogen) atoms. The van der Waals surface area contributed by atoms with Gasteiger partial charge in [-0.15, -0.1) is 24.0 Å². The summed E-state index contributed by atoms with van der Waals surface area (Å²) in [5, 5.41) is 0. The Morgan fingerprint density at radius 2 is 2.00 bits per heavy atom. The van der Waals surface area contributed by atoms with Gasteiger partial charge in [0.15, 0.2) is 0 Å². The quantitative estimate of drug-likeness (QED) is 0.512. The molecule has 1 aliphatic heterocycles. The van der Waals surface area contributed by atoms with Gasteiger partial charge in [-0.1, -0.05) is 0 Å². The molecule has 1 aliphatic rings. The summed E-state index contributed by atoms with van der Waals surface area (Å²) in [6, 6.07) is 9.38. The van der Waals surface area contributed by atoms with E-state index in [0.29, 0.717) is 21.2 Å². The number of hydrogen-bond acceptors (Lipinski definition) is 1. The molecule has 0 bridgehead atoms. The maximum absolute atomic E-state index is 2.43. The zero-order valence-electron chi connectivity index (χ0n) is 7.15. The topological polar surface area (TPSA) is 3.24 Å². The summed E-state index contributed by atoms with van der Waals surface area (Å²) < 4.78 is 3.98. The molecule has 1 aromatic carbocycles. The molecule has 0 radical (unpaired) electrons. The van der Waals surface area contributed by atoms with E-state index in [-0.39, 0.29) is 24.0 Å². The maximum atomic E-state index is 2.43. The van der Waals surface area contributed by atoms with E-state index in [0.717, 1.165) is 0 Å². The van der Waals surface area contributed by atoms with E-state index >= 15 is 0 Å². The van der Waals surface area contributed by atoms with E-state index in [1.165, 1.54) is 5.56 Å². The Balaban J connectivity index is 0.000000720. The number of halogens is 1. The molecule has 1 unspecified atom stereocenters. The van der Waals surface area contributed by atoms with E-state index in [9.17, 15) is 0 Å². The van der Waals surface area contributed by atoms with Crippen molar-refractivity contribution in [2.45, 2.75) is 13.0 Å². The van der Waals surface area contributed by atoms with Gasteiger partial charge in [0.2, 0.25) is 0 Å².